The van der Waals surface area contributed by atoms with E-state index in [-0.39, 0.29) is 16.4 Å². The summed E-state index contributed by atoms with van der Waals surface area (Å²) in [7, 11) is 1.66. The van der Waals surface area contributed by atoms with Gasteiger partial charge in [-0.2, -0.15) is 0 Å². The first-order valence-electron chi connectivity index (χ1n) is 5.21. The van der Waals surface area contributed by atoms with E-state index in [9.17, 15) is 9.18 Å². The first-order chi connectivity index (χ1) is 9.01. The molecule has 1 aromatic carbocycles. The summed E-state index contributed by atoms with van der Waals surface area (Å²) in [4.78, 5) is 16.1. The van der Waals surface area contributed by atoms with Crippen LogP contribution in [0.3, 0.4) is 0 Å². The maximum absolute atomic E-state index is 13.5. The molecular weight excluding hydrogens is 291 g/mol. The number of nitrogens with zero attached hydrogens (tertiary/aromatic N) is 1. The van der Waals surface area contributed by atoms with E-state index in [1.807, 2.05) is 0 Å². The van der Waals surface area contributed by atoms with Gasteiger partial charge in [0.05, 0.1) is 5.69 Å². The molecule has 0 radical (unpaired) electrons. The Kier molecular flexibility index (Phi) is 3.87. The third kappa shape index (κ3) is 2.94. The topological polar surface area (TPSA) is 80.0 Å². The number of nitrogen functional groups attached to an aromatic ring is 1. The summed E-state index contributed by atoms with van der Waals surface area (Å²) in [5.74, 6) is -1.01. The van der Waals surface area contributed by atoms with Crippen molar-refractivity contribution in [3.63, 3.8) is 0 Å². The van der Waals surface area contributed by atoms with Crippen molar-refractivity contribution in [1.82, 2.24) is 4.98 Å². The van der Waals surface area contributed by atoms with Gasteiger partial charge < -0.3 is 16.4 Å². The van der Waals surface area contributed by atoms with Gasteiger partial charge in [-0.1, -0.05) is 22.9 Å². The van der Waals surface area contributed by atoms with E-state index in [0.29, 0.717) is 10.2 Å². The van der Waals surface area contributed by atoms with Crippen molar-refractivity contribution in [2.24, 2.45) is 0 Å². The molecular formula is C11H10ClFN4OS. The summed E-state index contributed by atoms with van der Waals surface area (Å²) in [6, 6.07) is 3.89. The van der Waals surface area contributed by atoms with Crippen molar-refractivity contribution in [1.29, 1.82) is 0 Å². The van der Waals surface area contributed by atoms with Crippen LogP contribution in [0.5, 0.6) is 0 Å². The highest BCUT2D eigenvalue weighted by Crippen LogP contribution is 2.26. The van der Waals surface area contributed by atoms with Crippen LogP contribution < -0.4 is 16.4 Å². The first-order valence-corrected chi connectivity index (χ1v) is 6.41. The van der Waals surface area contributed by atoms with Gasteiger partial charge >= 0.3 is 0 Å². The number of thiazole rings is 1. The van der Waals surface area contributed by atoms with Crippen molar-refractivity contribution in [2.45, 2.75) is 0 Å². The highest BCUT2D eigenvalue weighted by atomic mass is 35.5. The van der Waals surface area contributed by atoms with Crippen LogP contribution in [0.4, 0.5) is 21.0 Å². The van der Waals surface area contributed by atoms with Crippen LogP contribution in [-0.2, 0) is 0 Å². The molecule has 0 aliphatic carbocycles. The van der Waals surface area contributed by atoms with Gasteiger partial charge in [-0.3, -0.25) is 4.79 Å². The smallest absolute Gasteiger partial charge is 0.269 e. The molecule has 1 heterocycles. The fourth-order valence-corrected chi connectivity index (χ4v) is 2.28. The van der Waals surface area contributed by atoms with Gasteiger partial charge in [-0.15, -0.1) is 0 Å². The second kappa shape index (κ2) is 5.41. The number of carbonyl (C=O) groups excluding carboxylic acids is 1. The molecule has 4 N–H and O–H groups in total. The van der Waals surface area contributed by atoms with Crippen LogP contribution in [-0.4, -0.2) is 17.9 Å². The summed E-state index contributed by atoms with van der Waals surface area (Å²) in [5.41, 5.74) is 5.61. The molecule has 0 spiro atoms. The third-order valence-electron chi connectivity index (χ3n) is 2.25. The lowest BCUT2D eigenvalue weighted by atomic mass is 10.3. The van der Waals surface area contributed by atoms with Crippen molar-refractivity contribution in [3.05, 3.63) is 33.9 Å². The zero-order chi connectivity index (χ0) is 14.0. The second-order valence-corrected chi connectivity index (χ2v) is 5.00. The molecule has 2 rings (SSSR count). The summed E-state index contributed by atoms with van der Waals surface area (Å²) in [6.07, 6.45) is 0. The minimum absolute atomic E-state index is 0.00342. The Bertz CT molecular complexity index is 631. The lowest BCUT2D eigenvalue weighted by Gasteiger charge is -2.05. The van der Waals surface area contributed by atoms with Gasteiger partial charge in [0, 0.05) is 12.1 Å². The molecule has 100 valence electrons. The SMILES string of the molecule is CNc1nc(N)c(C(=O)Nc2cc(Cl)ccc2F)s1. The van der Waals surface area contributed by atoms with Gasteiger partial charge in [0.2, 0.25) is 0 Å². The molecule has 0 saturated carbocycles. The highest BCUT2D eigenvalue weighted by Gasteiger charge is 2.17. The maximum atomic E-state index is 13.5. The van der Waals surface area contributed by atoms with Crippen molar-refractivity contribution < 1.29 is 9.18 Å². The van der Waals surface area contributed by atoms with Crippen molar-refractivity contribution in [2.75, 3.05) is 23.4 Å². The Morgan fingerprint density at radius 2 is 2.26 bits per heavy atom. The zero-order valence-corrected chi connectivity index (χ0v) is 11.4. The van der Waals surface area contributed by atoms with E-state index >= 15 is 0 Å². The lowest BCUT2D eigenvalue weighted by molar-refractivity contribution is 0.103. The average molecular weight is 301 g/mol. The molecule has 0 bridgehead atoms. The van der Waals surface area contributed by atoms with Gasteiger partial charge in [-0.25, -0.2) is 9.37 Å². The van der Waals surface area contributed by atoms with E-state index in [1.54, 1.807) is 7.05 Å². The number of halogens is 2. The summed E-state index contributed by atoms with van der Waals surface area (Å²) in [5, 5.41) is 6.02. The fourth-order valence-electron chi connectivity index (χ4n) is 1.37. The number of rotatable bonds is 3. The molecule has 0 fully saturated rings. The maximum Gasteiger partial charge on any atom is 0.269 e. The average Bonchev–Trinajstić information content (AvgIpc) is 2.75. The normalized spacial score (nSPS) is 10.3. The Labute approximate surface area is 117 Å². The minimum atomic E-state index is -0.574. The zero-order valence-electron chi connectivity index (χ0n) is 9.83. The molecule has 5 nitrogen and oxygen atoms in total. The molecule has 8 heteroatoms. The number of nitrogens with one attached hydrogen (secondary N) is 2. The largest absolute Gasteiger partial charge is 0.382 e. The van der Waals surface area contributed by atoms with Gasteiger partial charge in [-0.05, 0) is 18.2 Å². The first kappa shape index (κ1) is 13.6. The van der Waals surface area contributed by atoms with E-state index in [1.165, 1.54) is 18.2 Å². The summed E-state index contributed by atoms with van der Waals surface area (Å²) in [6.45, 7) is 0. The Morgan fingerprint density at radius 3 is 2.89 bits per heavy atom. The van der Waals surface area contributed by atoms with Gasteiger partial charge in [0.25, 0.3) is 5.91 Å². The van der Waals surface area contributed by atoms with Crippen LogP contribution >= 0.6 is 22.9 Å². The molecule has 0 aliphatic rings. The fraction of sp³-hybridized carbons (Fsp3) is 0.0909. The molecule has 19 heavy (non-hydrogen) atoms. The number of carbonyl (C=O) groups is 1. The standard InChI is InChI=1S/C11H10ClFN4OS/c1-15-11-17-9(14)8(19-11)10(18)16-7-4-5(12)2-3-6(7)13/h2-4H,14H2,1H3,(H,15,17)(H,16,18). The van der Waals surface area contributed by atoms with E-state index in [4.69, 9.17) is 17.3 Å². The quantitative estimate of drug-likeness (QED) is 0.814. The van der Waals surface area contributed by atoms with E-state index < -0.39 is 11.7 Å². The number of aromatic nitrogens is 1. The number of hydrogen-bond donors (Lipinski definition) is 3. The Morgan fingerprint density at radius 1 is 1.53 bits per heavy atom. The van der Waals surface area contributed by atoms with Crippen LogP contribution in [0.15, 0.2) is 18.2 Å². The molecule has 2 aromatic rings. The van der Waals surface area contributed by atoms with Crippen molar-refractivity contribution in [3.8, 4) is 0 Å². The molecule has 0 atom stereocenters. The van der Waals surface area contributed by atoms with Gasteiger partial charge in [0.15, 0.2) is 5.13 Å². The number of hydrogen-bond acceptors (Lipinski definition) is 5. The molecule has 1 aromatic heterocycles. The number of nitrogens with two attached hydrogens (primary N) is 1. The highest BCUT2D eigenvalue weighted by molar-refractivity contribution is 7.18. The molecule has 1 amide bonds. The Balaban J connectivity index is 2.25. The summed E-state index contributed by atoms with van der Waals surface area (Å²) >= 11 is 6.82. The number of amides is 1. The predicted octanol–water partition coefficient (Wildman–Crippen LogP) is 2.81. The molecule has 0 aliphatic heterocycles. The van der Waals surface area contributed by atoms with Crippen LogP contribution in [0.2, 0.25) is 5.02 Å². The van der Waals surface area contributed by atoms with Crippen LogP contribution in [0.25, 0.3) is 0 Å². The van der Waals surface area contributed by atoms with Crippen molar-refractivity contribution >= 4 is 45.5 Å². The van der Waals surface area contributed by atoms with E-state index in [0.717, 1.165) is 11.3 Å². The number of benzene rings is 1. The third-order valence-corrected chi connectivity index (χ3v) is 3.57. The lowest BCUT2D eigenvalue weighted by Crippen LogP contribution is -2.13. The number of anilines is 3. The minimum Gasteiger partial charge on any atom is -0.382 e. The van der Waals surface area contributed by atoms with Gasteiger partial charge in [0.1, 0.15) is 16.5 Å². The molecule has 0 unspecified atom stereocenters. The van der Waals surface area contributed by atoms with Crippen LogP contribution in [0.1, 0.15) is 9.67 Å². The summed E-state index contributed by atoms with van der Waals surface area (Å²) < 4.78 is 13.5. The predicted molar refractivity (Wildman–Crippen MR) is 75.4 cm³/mol. The van der Waals surface area contributed by atoms with E-state index in [2.05, 4.69) is 15.6 Å². The monoisotopic (exact) mass is 300 g/mol. The molecule has 0 saturated heterocycles. The van der Waals surface area contributed by atoms with Crippen LogP contribution in [0, 0.1) is 5.82 Å². The second-order valence-electron chi connectivity index (χ2n) is 3.56. The Hall–Kier alpha value is -1.86.